The minimum Gasteiger partial charge on any atom is -0.0656 e. The van der Waals surface area contributed by atoms with Crippen LogP contribution in [0.5, 0.6) is 0 Å². The quantitative estimate of drug-likeness (QED) is 0.155. The maximum absolute atomic E-state index is 2.49. The fraction of sp³-hybridized carbons (Fsp3) is 0.265. The predicted molar refractivity (Wildman–Crippen MR) is 221 cm³/mol. The largest absolute Gasteiger partial charge is 0.0775 e. The number of hydrogen-bond acceptors (Lipinski definition) is 0. The molecule has 0 amide bonds. The molecule has 0 heterocycles. The fourth-order valence-corrected chi connectivity index (χ4v) is 9.07. The summed E-state index contributed by atoms with van der Waals surface area (Å²) in [4.78, 5) is 0. The summed E-state index contributed by atoms with van der Waals surface area (Å²) in [5.41, 5.74) is 20.2. The van der Waals surface area contributed by atoms with Crippen LogP contribution in [0.1, 0.15) is 73.6 Å². The Kier molecular flexibility index (Phi) is 8.43. The highest BCUT2D eigenvalue weighted by atomic mass is 28.3. The minimum absolute atomic E-state index is 0.0898. The molecule has 7 rings (SSSR count). The first-order valence-corrected chi connectivity index (χ1v) is 21.8. The van der Waals surface area contributed by atoms with Crippen molar-refractivity contribution in [3.63, 3.8) is 0 Å². The van der Waals surface area contributed by atoms with Crippen molar-refractivity contribution in [2.24, 2.45) is 0 Å². The van der Waals surface area contributed by atoms with Gasteiger partial charge in [0.2, 0.25) is 0 Å². The summed E-state index contributed by atoms with van der Waals surface area (Å²) in [6.07, 6.45) is 0.917. The first-order chi connectivity index (χ1) is 23.6. The summed E-state index contributed by atoms with van der Waals surface area (Å²) in [5, 5.41) is 1.50. The zero-order valence-electron chi connectivity index (χ0n) is 31.8. The highest BCUT2D eigenvalue weighted by Crippen LogP contribution is 2.52. The minimum atomic E-state index is -1.36. The molecule has 1 aliphatic rings. The van der Waals surface area contributed by atoms with Crippen molar-refractivity contribution in [1.29, 1.82) is 0 Å². The van der Waals surface area contributed by atoms with E-state index in [0.29, 0.717) is 0 Å². The molecule has 6 aromatic rings. The summed E-state index contributed by atoms with van der Waals surface area (Å²) in [6, 6.07) is 46.7. The van der Waals surface area contributed by atoms with Gasteiger partial charge >= 0.3 is 0 Å². The standard InChI is InChI=1S/C49H52Si/c1-32-11-25-42(37-18-23-41(24-19-37)50(8,9)10)44(28-32)38-20-26-43-45(31-38)49(6,7)46-29-33(2)27-39(47(43)46)30-34-12-14-35(15-13-34)36-16-21-40(22-17-36)48(3,4)5/h11-29,31H,30H2,1-10H3. The van der Waals surface area contributed by atoms with Crippen molar-refractivity contribution in [3.05, 3.63) is 160 Å². The second-order valence-electron chi connectivity index (χ2n) is 17.3. The van der Waals surface area contributed by atoms with Crippen LogP contribution in [0.2, 0.25) is 19.6 Å². The lowest BCUT2D eigenvalue weighted by Crippen LogP contribution is -2.37. The van der Waals surface area contributed by atoms with E-state index in [1.807, 2.05) is 0 Å². The van der Waals surface area contributed by atoms with E-state index in [1.165, 1.54) is 88.6 Å². The molecule has 0 radical (unpaired) electrons. The van der Waals surface area contributed by atoms with Gasteiger partial charge in [-0.05, 0) is 104 Å². The van der Waals surface area contributed by atoms with E-state index in [-0.39, 0.29) is 10.8 Å². The Bertz CT molecular complexity index is 2200. The number of hydrogen-bond donors (Lipinski definition) is 0. The first kappa shape index (κ1) is 34.0. The lowest BCUT2D eigenvalue weighted by atomic mass is 9.80. The van der Waals surface area contributed by atoms with Gasteiger partial charge < -0.3 is 0 Å². The number of aryl methyl sites for hydroxylation is 2. The summed E-state index contributed by atoms with van der Waals surface area (Å²) in [5.74, 6) is 0. The summed E-state index contributed by atoms with van der Waals surface area (Å²) >= 11 is 0. The Morgan fingerprint density at radius 2 is 1.10 bits per heavy atom. The average molecular weight is 669 g/mol. The van der Waals surface area contributed by atoms with Gasteiger partial charge in [0.05, 0.1) is 8.07 Å². The smallest absolute Gasteiger partial charge is 0.0656 e. The SMILES string of the molecule is Cc1ccc(-c2ccc([Si](C)(C)C)cc2)c(-c2ccc3c(c2)C(C)(C)c2cc(C)cc(Cc4ccc(-c5ccc(C(C)(C)C)cc5)cc4)c2-3)c1. The zero-order chi connectivity index (χ0) is 35.6. The number of fused-ring (bicyclic) bond motifs is 3. The molecule has 0 unspecified atom stereocenters. The Morgan fingerprint density at radius 1 is 0.520 bits per heavy atom. The highest BCUT2D eigenvalue weighted by molar-refractivity contribution is 6.88. The Labute approximate surface area is 302 Å². The van der Waals surface area contributed by atoms with Gasteiger partial charge in [-0.1, -0.05) is 186 Å². The first-order valence-electron chi connectivity index (χ1n) is 18.3. The van der Waals surface area contributed by atoms with Gasteiger partial charge in [0, 0.05) is 5.41 Å². The van der Waals surface area contributed by atoms with Crippen molar-refractivity contribution in [3.8, 4) is 44.5 Å². The maximum Gasteiger partial charge on any atom is 0.0775 e. The third-order valence-electron chi connectivity index (χ3n) is 11.0. The molecular weight excluding hydrogens is 617 g/mol. The van der Waals surface area contributed by atoms with Gasteiger partial charge in [0.1, 0.15) is 0 Å². The van der Waals surface area contributed by atoms with E-state index < -0.39 is 8.07 Å². The Hall–Kier alpha value is -4.46. The lowest BCUT2D eigenvalue weighted by Gasteiger charge is -2.23. The van der Waals surface area contributed by atoms with Crippen molar-refractivity contribution in [2.75, 3.05) is 0 Å². The topological polar surface area (TPSA) is 0 Å². The van der Waals surface area contributed by atoms with Crippen LogP contribution in [0.15, 0.2) is 121 Å². The van der Waals surface area contributed by atoms with Crippen LogP contribution in [0.4, 0.5) is 0 Å². The lowest BCUT2D eigenvalue weighted by molar-refractivity contribution is 0.590. The molecular formula is C49H52Si. The molecule has 0 saturated carbocycles. The Morgan fingerprint density at radius 3 is 1.72 bits per heavy atom. The summed E-state index contributed by atoms with van der Waals surface area (Å²) in [6.45, 7) is 23.3. The van der Waals surface area contributed by atoms with Crippen LogP contribution in [0.3, 0.4) is 0 Å². The van der Waals surface area contributed by atoms with E-state index >= 15 is 0 Å². The van der Waals surface area contributed by atoms with Crippen molar-refractivity contribution in [2.45, 2.75) is 85.4 Å². The molecule has 0 aliphatic heterocycles. The second kappa shape index (κ2) is 12.4. The van der Waals surface area contributed by atoms with Gasteiger partial charge in [-0.3, -0.25) is 0 Å². The highest BCUT2D eigenvalue weighted by Gasteiger charge is 2.37. The van der Waals surface area contributed by atoms with Gasteiger partial charge in [-0.15, -0.1) is 0 Å². The Balaban J connectivity index is 1.24. The van der Waals surface area contributed by atoms with Gasteiger partial charge in [-0.2, -0.15) is 0 Å². The van der Waals surface area contributed by atoms with E-state index in [0.717, 1.165) is 6.42 Å². The van der Waals surface area contributed by atoms with Crippen LogP contribution in [0.25, 0.3) is 44.5 Å². The molecule has 0 N–H and O–H groups in total. The normalized spacial score (nSPS) is 13.6. The van der Waals surface area contributed by atoms with Gasteiger partial charge in [-0.25, -0.2) is 0 Å². The molecule has 0 aromatic heterocycles. The maximum atomic E-state index is 2.49. The van der Waals surface area contributed by atoms with E-state index in [1.54, 1.807) is 0 Å². The molecule has 6 aromatic carbocycles. The van der Waals surface area contributed by atoms with Crippen molar-refractivity contribution < 1.29 is 0 Å². The molecule has 0 fully saturated rings. The monoisotopic (exact) mass is 668 g/mol. The summed E-state index contributed by atoms with van der Waals surface area (Å²) in [7, 11) is -1.36. The van der Waals surface area contributed by atoms with Crippen LogP contribution >= 0.6 is 0 Å². The van der Waals surface area contributed by atoms with Crippen LogP contribution in [0, 0.1) is 13.8 Å². The fourth-order valence-electron chi connectivity index (χ4n) is 7.90. The molecule has 0 bridgehead atoms. The van der Waals surface area contributed by atoms with E-state index in [9.17, 15) is 0 Å². The van der Waals surface area contributed by atoms with E-state index in [4.69, 9.17) is 0 Å². The number of benzene rings is 6. The molecule has 1 aliphatic carbocycles. The van der Waals surface area contributed by atoms with Crippen LogP contribution in [-0.4, -0.2) is 8.07 Å². The van der Waals surface area contributed by atoms with Gasteiger partial charge in [0.25, 0.3) is 0 Å². The molecule has 0 saturated heterocycles. The predicted octanol–water partition coefficient (Wildman–Crippen LogP) is 13.0. The van der Waals surface area contributed by atoms with Crippen LogP contribution < -0.4 is 5.19 Å². The zero-order valence-corrected chi connectivity index (χ0v) is 32.8. The van der Waals surface area contributed by atoms with Crippen LogP contribution in [-0.2, 0) is 17.3 Å². The molecule has 50 heavy (non-hydrogen) atoms. The third-order valence-corrected chi connectivity index (χ3v) is 13.0. The molecule has 1 heteroatoms. The van der Waals surface area contributed by atoms with E-state index in [2.05, 4.69) is 189 Å². The molecule has 252 valence electrons. The third kappa shape index (κ3) is 6.33. The van der Waals surface area contributed by atoms with Crippen molar-refractivity contribution >= 4 is 13.3 Å². The molecule has 0 nitrogen and oxygen atoms in total. The van der Waals surface area contributed by atoms with Gasteiger partial charge in [0.15, 0.2) is 0 Å². The molecule has 0 spiro atoms. The number of rotatable bonds is 6. The molecule has 0 atom stereocenters. The summed E-state index contributed by atoms with van der Waals surface area (Å²) < 4.78 is 0. The van der Waals surface area contributed by atoms with Crippen molar-refractivity contribution in [1.82, 2.24) is 0 Å². The average Bonchev–Trinajstić information content (AvgIpc) is 3.30. The second-order valence-corrected chi connectivity index (χ2v) is 22.4.